The van der Waals surface area contributed by atoms with Crippen molar-refractivity contribution in [3.8, 4) is 11.5 Å². The standard InChI is InChI=1S/C19H15ClFN3O2/c1-11-10-14(18(22)24-17(11)21)19(25)23-12-6-8-13(9-7-12)26-16-5-3-2-4-15(16)20/h2-10H,1H3,(H2,22,24)(H,23,25). The first kappa shape index (κ1) is 17.7. The molecule has 1 heterocycles. The molecule has 0 unspecified atom stereocenters. The second-order valence-corrected chi connectivity index (χ2v) is 5.95. The number of aromatic nitrogens is 1. The molecule has 0 saturated carbocycles. The summed E-state index contributed by atoms with van der Waals surface area (Å²) in [6, 6.07) is 15.2. The number of nitrogens with two attached hydrogens (primary N) is 1. The highest BCUT2D eigenvalue weighted by atomic mass is 35.5. The SMILES string of the molecule is Cc1cc(C(=O)Nc2ccc(Oc3ccccc3Cl)cc2)c(N)nc1F. The van der Waals surface area contributed by atoms with Gasteiger partial charge in [0.1, 0.15) is 17.3 Å². The summed E-state index contributed by atoms with van der Waals surface area (Å²) in [5.41, 5.74) is 6.51. The van der Waals surface area contributed by atoms with E-state index >= 15 is 0 Å². The van der Waals surface area contributed by atoms with E-state index < -0.39 is 11.9 Å². The molecule has 3 rings (SSSR count). The Labute approximate surface area is 154 Å². The van der Waals surface area contributed by atoms with Crippen molar-refractivity contribution < 1.29 is 13.9 Å². The lowest BCUT2D eigenvalue weighted by Gasteiger charge is -2.10. The molecule has 1 aromatic heterocycles. The Hall–Kier alpha value is -3.12. The maximum atomic E-state index is 13.4. The molecule has 2 aromatic carbocycles. The first-order valence-electron chi connectivity index (χ1n) is 7.70. The molecule has 7 heteroatoms. The average molecular weight is 372 g/mol. The van der Waals surface area contributed by atoms with Gasteiger partial charge in [-0.05, 0) is 49.4 Å². The number of ether oxygens (including phenoxy) is 1. The molecule has 0 fully saturated rings. The zero-order valence-electron chi connectivity index (χ0n) is 13.8. The van der Waals surface area contributed by atoms with Crippen LogP contribution < -0.4 is 15.8 Å². The molecule has 0 radical (unpaired) electrons. The van der Waals surface area contributed by atoms with Crippen LogP contribution in [-0.2, 0) is 0 Å². The molecule has 132 valence electrons. The lowest BCUT2D eigenvalue weighted by molar-refractivity contribution is 0.102. The molecular weight excluding hydrogens is 357 g/mol. The second kappa shape index (κ2) is 7.41. The average Bonchev–Trinajstić information content (AvgIpc) is 2.61. The Bertz CT molecular complexity index is 961. The minimum Gasteiger partial charge on any atom is -0.456 e. The molecule has 0 spiro atoms. The van der Waals surface area contributed by atoms with Crippen LogP contribution in [0.5, 0.6) is 11.5 Å². The van der Waals surface area contributed by atoms with E-state index in [1.807, 2.05) is 12.1 Å². The second-order valence-electron chi connectivity index (χ2n) is 5.54. The summed E-state index contributed by atoms with van der Waals surface area (Å²) >= 11 is 6.05. The zero-order chi connectivity index (χ0) is 18.7. The predicted molar refractivity (Wildman–Crippen MR) is 99.3 cm³/mol. The zero-order valence-corrected chi connectivity index (χ0v) is 14.5. The van der Waals surface area contributed by atoms with Crippen molar-refractivity contribution in [2.45, 2.75) is 6.92 Å². The van der Waals surface area contributed by atoms with Crippen molar-refractivity contribution in [2.75, 3.05) is 11.1 Å². The molecule has 3 N–H and O–H groups in total. The van der Waals surface area contributed by atoms with E-state index in [9.17, 15) is 9.18 Å². The molecule has 0 atom stereocenters. The number of pyridine rings is 1. The summed E-state index contributed by atoms with van der Waals surface area (Å²) in [6.07, 6.45) is 0. The van der Waals surface area contributed by atoms with Crippen LogP contribution in [0.3, 0.4) is 0 Å². The Morgan fingerprint density at radius 2 is 1.88 bits per heavy atom. The molecule has 0 aliphatic rings. The highest BCUT2D eigenvalue weighted by molar-refractivity contribution is 6.32. The summed E-state index contributed by atoms with van der Waals surface area (Å²) in [7, 11) is 0. The Kier molecular flexibility index (Phi) is 5.04. The van der Waals surface area contributed by atoms with Crippen molar-refractivity contribution >= 4 is 29.0 Å². The summed E-state index contributed by atoms with van der Waals surface area (Å²) in [6.45, 7) is 1.51. The number of rotatable bonds is 4. The van der Waals surface area contributed by atoms with Crippen LogP contribution in [0.2, 0.25) is 5.02 Å². The van der Waals surface area contributed by atoms with Crippen LogP contribution >= 0.6 is 11.6 Å². The van der Waals surface area contributed by atoms with Gasteiger partial charge in [-0.2, -0.15) is 4.39 Å². The first-order valence-corrected chi connectivity index (χ1v) is 8.08. The van der Waals surface area contributed by atoms with Crippen molar-refractivity contribution in [1.82, 2.24) is 4.98 Å². The minimum atomic E-state index is -0.694. The quantitative estimate of drug-likeness (QED) is 0.645. The van der Waals surface area contributed by atoms with Crippen LogP contribution in [-0.4, -0.2) is 10.9 Å². The van der Waals surface area contributed by atoms with Gasteiger partial charge in [0.05, 0.1) is 10.6 Å². The number of hydrogen-bond acceptors (Lipinski definition) is 4. The van der Waals surface area contributed by atoms with Crippen molar-refractivity contribution in [3.05, 3.63) is 76.7 Å². The van der Waals surface area contributed by atoms with E-state index in [2.05, 4.69) is 10.3 Å². The number of para-hydroxylation sites is 1. The summed E-state index contributed by atoms with van der Waals surface area (Å²) in [5, 5.41) is 3.18. The maximum Gasteiger partial charge on any atom is 0.259 e. The third kappa shape index (κ3) is 3.92. The van der Waals surface area contributed by atoms with Crippen molar-refractivity contribution in [1.29, 1.82) is 0 Å². The largest absolute Gasteiger partial charge is 0.456 e. The smallest absolute Gasteiger partial charge is 0.259 e. The van der Waals surface area contributed by atoms with Gasteiger partial charge in [0.2, 0.25) is 5.95 Å². The van der Waals surface area contributed by atoms with Crippen LogP contribution in [0.4, 0.5) is 15.9 Å². The molecule has 0 aliphatic carbocycles. The predicted octanol–water partition coefficient (Wildman–Crippen LogP) is 4.81. The summed E-state index contributed by atoms with van der Waals surface area (Å²) in [4.78, 5) is 15.8. The number of aryl methyl sites for hydroxylation is 1. The number of halogens is 2. The lowest BCUT2D eigenvalue weighted by atomic mass is 10.1. The molecule has 0 bridgehead atoms. The normalized spacial score (nSPS) is 10.4. The van der Waals surface area contributed by atoms with Crippen molar-refractivity contribution in [3.63, 3.8) is 0 Å². The number of amides is 1. The van der Waals surface area contributed by atoms with Gasteiger partial charge in [-0.15, -0.1) is 0 Å². The van der Waals surface area contributed by atoms with Crippen LogP contribution in [0.15, 0.2) is 54.6 Å². The number of anilines is 2. The summed E-state index contributed by atoms with van der Waals surface area (Å²) < 4.78 is 19.0. The van der Waals surface area contributed by atoms with E-state index in [0.717, 1.165) is 0 Å². The number of hydrogen-bond donors (Lipinski definition) is 2. The topological polar surface area (TPSA) is 77.2 Å². The fraction of sp³-hybridized carbons (Fsp3) is 0.0526. The maximum absolute atomic E-state index is 13.4. The van der Waals surface area contributed by atoms with Crippen LogP contribution in [0, 0.1) is 12.9 Å². The van der Waals surface area contributed by atoms with Gasteiger partial charge in [-0.25, -0.2) is 4.98 Å². The molecular formula is C19H15ClFN3O2. The van der Waals surface area contributed by atoms with E-state index in [-0.39, 0.29) is 16.9 Å². The Morgan fingerprint density at radius 1 is 1.19 bits per heavy atom. The van der Waals surface area contributed by atoms with Crippen LogP contribution in [0.25, 0.3) is 0 Å². The van der Waals surface area contributed by atoms with Gasteiger partial charge in [-0.1, -0.05) is 23.7 Å². The van der Waals surface area contributed by atoms with E-state index in [1.54, 1.807) is 36.4 Å². The van der Waals surface area contributed by atoms with Gasteiger partial charge in [-0.3, -0.25) is 4.79 Å². The third-order valence-electron chi connectivity index (χ3n) is 3.60. The molecule has 0 aliphatic heterocycles. The molecule has 0 saturated heterocycles. The van der Waals surface area contributed by atoms with Gasteiger partial charge < -0.3 is 15.8 Å². The monoisotopic (exact) mass is 371 g/mol. The third-order valence-corrected chi connectivity index (χ3v) is 3.91. The number of carbonyl (C=O) groups excluding carboxylic acids is 1. The Morgan fingerprint density at radius 3 is 2.58 bits per heavy atom. The molecule has 5 nitrogen and oxygen atoms in total. The molecule has 1 amide bonds. The molecule has 3 aromatic rings. The molecule has 26 heavy (non-hydrogen) atoms. The van der Waals surface area contributed by atoms with E-state index in [0.29, 0.717) is 22.2 Å². The van der Waals surface area contributed by atoms with Gasteiger partial charge in [0.25, 0.3) is 5.91 Å². The van der Waals surface area contributed by atoms with Gasteiger partial charge in [0, 0.05) is 11.3 Å². The first-order chi connectivity index (χ1) is 12.4. The highest BCUT2D eigenvalue weighted by Crippen LogP contribution is 2.29. The number of nitrogen functional groups attached to an aromatic ring is 1. The summed E-state index contributed by atoms with van der Waals surface area (Å²) in [5.74, 6) is -0.233. The Balaban J connectivity index is 1.72. The number of carbonyl (C=O) groups is 1. The minimum absolute atomic E-state index is 0.111. The highest BCUT2D eigenvalue weighted by Gasteiger charge is 2.14. The number of benzene rings is 2. The number of nitrogens with one attached hydrogen (secondary N) is 1. The van der Waals surface area contributed by atoms with E-state index in [1.165, 1.54) is 13.0 Å². The fourth-order valence-corrected chi connectivity index (χ4v) is 2.42. The van der Waals surface area contributed by atoms with Gasteiger partial charge >= 0.3 is 0 Å². The number of nitrogens with zero attached hydrogens (tertiary/aromatic N) is 1. The van der Waals surface area contributed by atoms with Crippen LogP contribution in [0.1, 0.15) is 15.9 Å². The van der Waals surface area contributed by atoms with Gasteiger partial charge in [0.15, 0.2) is 0 Å². The lowest BCUT2D eigenvalue weighted by Crippen LogP contribution is -2.16. The fourth-order valence-electron chi connectivity index (χ4n) is 2.25. The van der Waals surface area contributed by atoms with Crippen molar-refractivity contribution in [2.24, 2.45) is 0 Å². The van der Waals surface area contributed by atoms with E-state index in [4.69, 9.17) is 22.1 Å².